The summed E-state index contributed by atoms with van der Waals surface area (Å²) in [5.74, 6) is 2.57. The fourth-order valence-electron chi connectivity index (χ4n) is 1.98. The summed E-state index contributed by atoms with van der Waals surface area (Å²) in [7, 11) is -3.08. The molecular formula is C12H27N3O2S2. The molecule has 2 N–H and O–H groups in total. The highest BCUT2D eigenvalue weighted by molar-refractivity contribution is 7.99. The average molecular weight is 310 g/mol. The summed E-state index contributed by atoms with van der Waals surface area (Å²) in [5, 5.41) is 3.20. The van der Waals surface area contributed by atoms with Crippen molar-refractivity contribution in [1.29, 1.82) is 0 Å². The van der Waals surface area contributed by atoms with Crippen LogP contribution in [0.4, 0.5) is 0 Å². The van der Waals surface area contributed by atoms with E-state index >= 15 is 0 Å². The van der Waals surface area contributed by atoms with Gasteiger partial charge in [-0.25, -0.2) is 13.1 Å². The first-order valence-corrected chi connectivity index (χ1v) is 9.93. The molecule has 1 aliphatic heterocycles. The lowest BCUT2D eigenvalue weighted by atomic mass is 10.3. The van der Waals surface area contributed by atoms with Gasteiger partial charge in [-0.1, -0.05) is 6.92 Å². The zero-order valence-corrected chi connectivity index (χ0v) is 13.5. The van der Waals surface area contributed by atoms with Crippen molar-refractivity contribution in [2.45, 2.75) is 19.8 Å². The van der Waals surface area contributed by atoms with E-state index in [2.05, 4.69) is 21.9 Å². The third kappa shape index (κ3) is 8.86. The number of hydrogen-bond donors (Lipinski definition) is 2. The number of unbranched alkanes of at least 4 members (excludes halogenated alkanes) is 1. The van der Waals surface area contributed by atoms with Gasteiger partial charge in [-0.05, 0) is 25.9 Å². The molecular weight excluding hydrogens is 282 g/mol. The first-order chi connectivity index (χ1) is 9.14. The third-order valence-electron chi connectivity index (χ3n) is 3.12. The highest BCUT2D eigenvalue weighted by atomic mass is 32.2. The van der Waals surface area contributed by atoms with Crippen LogP contribution in [0, 0.1) is 0 Å². The number of rotatable bonds is 10. The average Bonchev–Trinajstić information content (AvgIpc) is 2.39. The maximum atomic E-state index is 11.8. The SMILES string of the molecule is CCNCCCCS(=O)(=O)NCCN1CCSCC1. The van der Waals surface area contributed by atoms with E-state index in [9.17, 15) is 8.42 Å². The Kier molecular flexibility index (Phi) is 9.06. The van der Waals surface area contributed by atoms with Crippen molar-refractivity contribution in [3.63, 3.8) is 0 Å². The normalized spacial score (nSPS) is 17.7. The number of nitrogens with zero attached hydrogens (tertiary/aromatic N) is 1. The minimum Gasteiger partial charge on any atom is -0.317 e. The van der Waals surface area contributed by atoms with Gasteiger partial charge >= 0.3 is 0 Å². The van der Waals surface area contributed by atoms with Crippen molar-refractivity contribution >= 4 is 21.8 Å². The second-order valence-corrected chi connectivity index (χ2v) is 7.88. The molecule has 0 aromatic carbocycles. The topological polar surface area (TPSA) is 61.4 Å². The van der Waals surface area contributed by atoms with Gasteiger partial charge in [0.2, 0.25) is 10.0 Å². The molecule has 0 bridgehead atoms. The molecule has 0 aromatic heterocycles. The van der Waals surface area contributed by atoms with E-state index in [1.165, 1.54) is 0 Å². The molecule has 1 rings (SSSR count). The molecule has 7 heteroatoms. The molecule has 1 heterocycles. The number of thioether (sulfide) groups is 1. The molecule has 19 heavy (non-hydrogen) atoms. The summed E-state index contributed by atoms with van der Waals surface area (Å²) in [6.45, 7) is 7.43. The Morgan fingerprint density at radius 2 is 1.89 bits per heavy atom. The molecule has 0 radical (unpaired) electrons. The Morgan fingerprint density at radius 1 is 1.16 bits per heavy atom. The van der Waals surface area contributed by atoms with Gasteiger partial charge in [0.1, 0.15) is 0 Å². The van der Waals surface area contributed by atoms with Gasteiger partial charge < -0.3 is 10.2 Å². The first-order valence-electron chi connectivity index (χ1n) is 7.12. The summed E-state index contributed by atoms with van der Waals surface area (Å²) in [6.07, 6.45) is 1.64. The molecule has 0 atom stereocenters. The Balaban J connectivity index is 2.05. The van der Waals surface area contributed by atoms with Crippen LogP contribution >= 0.6 is 11.8 Å². The second-order valence-electron chi connectivity index (χ2n) is 4.73. The smallest absolute Gasteiger partial charge is 0.211 e. The van der Waals surface area contributed by atoms with Crippen molar-refractivity contribution < 1.29 is 8.42 Å². The van der Waals surface area contributed by atoms with Crippen molar-refractivity contribution in [3.05, 3.63) is 0 Å². The summed E-state index contributed by atoms with van der Waals surface area (Å²) in [6, 6.07) is 0. The Labute approximate surface area is 121 Å². The predicted molar refractivity (Wildman–Crippen MR) is 83.3 cm³/mol. The molecule has 0 amide bonds. The molecule has 114 valence electrons. The van der Waals surface area contributed by atoms with E-state index in [4.69, 9.17) is 0 Å². The predicted octanol–water partition coefficient (Wildman–Crippen LogP) is 0.344. The van der Waals surface area contributed by atoms with Gasteiger partial charge in [0.15, 0.2) is 0 Å². The maximum Gasteiger partial charge on any atom is 0.211 e. The fraction of sp³-hybridized carbons (Fsp3) is 1.00. The van der Waals surface area contributed by atoms with E-state index in [-0.39, 0.29) is 5.75 Å². The Morgan fingerprint density at radius 3 is 2.58 bits per heavy atom. The highest BCUT2D eigenvalue weighted by Gasteiger charge is 2.12. The highest BCUT2D eigenvalue weighted by Crippen LogP contribution is 2.08. The number of sulfonamides is 1. The van der Waals surface area contributed by atoms with Crippen LogP contribution < -0.4 is 10.0 Å². The van der Waals surface area contributed by atoms with Gasteiger partial charge in [0.25, 0.3) is 0 Å². The second kappa shape index (κ2) is 9.99. The molecule has 1 aliphatic rings. The molecule has 0 aromatic rings. The number of nitrogens with one attached hydrogen (secondary N) is 2. The van der Waals surface area contributed by atoms with Crippen LogP contribution in [0.5, 0.6) is 0 Å². The van der Waals surface area contributed by atoms with E-state index < -0.39 is 10.0 Å². The number of hydrogen-bond acceptors (Lipinski definition) is 5. The molecule has 0 aliphatic carbocycles. The zero-order chi connectivity index (χ0) is 14.0. The van der Waals surface area contributed by atoms with Crippen LogP contribution in [-0.2, 0) is 10.0 Å². The van der Waals surface area contributed by atoms with Gasteiger partial charge in [0, 0.05) is 37.7 Å². The van der Waals surface area contributed by atoms with Gasteiger partial charge in [-0.15, -0.1) is 0 Å². The molecule has 1 fully saturated rings. The monoisotopic (exact) mass is 309 g/mol. The van der Waals surface area contributed by atoms with Crippen LogP contribution in [0.2, 0.25) is 0 Å². The van der Waals surface area contributed by atoms with E-state index in [1.54, 1.807) is 0 Å². The van der Waals surface area contributed by atoms with Crippen LogP contribution in [0.15, 0.2) is 0 Å². The zero-order valence-electron chi connectivity index (χ0n) is 11.9. The van der Waals surface area contributed by atoms with E-state index in [1.807, 2.05) is 11.8 Å². The Bertz CT molecular complexity index is 317. The molecule has 0 saturated carbocycles. The molecule has 0 spiro atoms. The molecule has 1 saturated heterocycles. The lowest BCUT2D eigenvalue weighted by Crippen LogP contribution is -2.39. The third-order valence-corrected chi connectivity index (χ3v) is 5.53. The minimum atomic E-state index is -3.08. The Hall–Kier alpha value is 0.180. The summed E-state index contributed by atoms with van der Waals surface area (Å²) < 4.78 is 26.2. The lowest BCUT2D eigenvalue weighted by Gasteiger charge is -2.25. The van der Waals surface area contributed by atoms with Crippen LogP contribution in [-0.4, -0.2) is 69.8 Å². The van der Waals surface area contributed by atoms with Crippen LogP contribution in [0.3, 0.4) is 0 Å². The van der Waals surface area contributed by atoms with Crippen LogP contribution in [0.25, 0.3) is 0 Å². The maximum absolute atomic E-state index is 11.8. The van der Waals surface area contributed by atoms with Crippen LogP contribution in [0.1, 0.15) is 19.8 Å². The van der Waals surface area contributed by atoms with Gasteiger partial charge in [-0.2, -0.15) is 11.8 Å². The largest absolute Gasteiger partial charge is 0.317 e. The van der Waals surface area contributed by atoms with Gasteiger partial charge in [0.05, 0.1) is 5.75 Å². The summed E-state index contributed by atoms with van der Waals surface area (Å²) in [4.78, 5) is 2.32. The van der Waals surface area contributed by atoms with Crippen molar-refractivity contribution in [2.75, 3.05) is 56.5 Å². The van der Waals surface area contributed by atoms with Crippen molar-refractivity contribution in [3.8, 4) is 0 Å². The van der Waals surface area contributed by atoms with Gasteiger partial charge in [-0.3, -0.25) is 0 Å². The lowest BCUT2D eigenvalue weighted by molar-refractivity contribution is 0.307. The standard InChI is InChI=1S/C12H27N3O2S2/c1-2-13-5-3-4-12-19(16,17)14-6-7-15-8-10-18-11-9-15/h13-14H,2-12H2,1H3. The van der Waals surface area contributed by atoms with E-state index in [0.717, 1.165) is 57.1 Å². The molecule has 5 nitrogen and oxygen atoms in total. The molecule has 0 unspecified atom stereocenters. The van der Waals surface area contributed by atoms with E-state index in [0.29, 0.717) is 6.54 Å². The first kappa shape index (κ1) is 17.2. The summed E-state index contributed by atoms with van der Waals surface area (Å²) >= 11 is 1.97. The summed E-state index contributed by atoms with van der Waals surface area (Å²) in [5.41, 5.74) is 0. The minimum absolute atomic E-state index is 0.244. The quantitative estimate of drug-likeness (QED) is 0.570. The van der Waals surface area contributed by atoms with Crippen molar-refractivity contribution in [1.82, 2.24) is 14.9 Å². The fourth-order valence-corrected chi connectivity index (χ4v) is 4.08. The van der Waals surface area contributed by atoms with Crippen molar-refractivity contribution in [2.24, 2.45) is 0 Å².